The van der Waals surface area contributed by atoms with Gasteiger partial charge in [0.05, 0.1) is 17.1 Å². The van der Waals surface area contributed by atoms with E-state index in [0.29, 0.717) is 5.56 Å². The fourth-order valence-electron chi connectivity index (χ4n) is 2.31. The molecule has 0 heterocycles. The van der Waals surface area contributed by atoms with Crippen LogP contribution in [-0.4, -0.2) is 31.4 Å². The highest BCUT2D eigenvalue weighted by molar-refractivity contribution is 7.91. The fourth-order valence-corrected chi connectivity index (χ4v) is 3.19. The van der Waals surface area contributed by atoms with E-state index >= 15 is 0 Å². The summed E-state index contributed by atoms with van der Waals surface area (Å²) in [6.07, 6.45) is -7.37. The van der Waals surface area contributed by atoms with E-state index in [4.69, 9.17) is 5.11 Å². The van der Waals surface area contributed by atoms with Crippen LogP contribution >= 0.6 is 0 Å². The highest BCUT2D eigenvalue weighted by Crippen LogP contribution is 2.32. The van der Waals surface area contributed by atoms with E-state index in [-0.39, 0.29) is 28.3 Å². The van der Waals surface area contributed by atoms with Gasteiger partial charge in [0.25, 0.3) is 0 Å². The third kappa shape index (κ3) is 5.54. The Hall–Kier alpha value is -2.39. The first-order chi connectivity index (χ1) is 12.5. The van der Waals surface area contributed by atoms with Gasteiger partial charge in [0, 0.05) is 5.69 Å². The van der Waals surface area contributed by atoms with Crippen molar-refractivity contribution in [2.75, 3.05) is 11.1 Å². The maximum Gasteiger partial charge on any atom is 0.418 e. The number of rotatable bonds is 6. The number of anilines is 1. The first-order valence-corrected chi connectivity index (χ1v) is 9.64. The average molecular weight is 401 g/mol. The highest BCUT2D eigenvalue weighted by atomic mass is 32.2. The van der Waals surface area contributed by atoms with E-state index in [1.54, 1.807) is 0 Å². The third-order valence-electron chi connectivity index (χ3n) is 3.85. The Labute approximate surface area is 154 Å². The van der Waals surface area contributed by atoms with E-state index in [9.17, 15) is 26.4 Å². The van der Waals surface area contributed by atoms with Crippen LogP contribution in [-0.2, 0) is 21.1 Å². The van der Waals surface area contributed by atoms with Crippen LogP contribution in [0.4, 0.5) is 18.9 Å². The minimum atomic E-state index is -4.76. The van der Waals surface area contributed by atoms with Gasteiger partial charge in [-0.15, -0.1) is 0 Å². The van der Waals surface area contributed by atoms with Gasteiger partial charge in [-0.05, 0) is 35.4 Å². The molecule has 1 atom stereocenters. The average Bonchev–Trinajstić information content (AvgIpc) is 2.61. The number of aliphatic hydroxyl groups is 1. The van der Waals surface area contributed by atoms with Gasteiger partial charge in [0.1, 0.15) is 0 Å². The molecule has 5 nitrogen and oxygen atoms in total. The van der Waals surface area contributed by atoms with Gasteiger partial charge in [0.15, 0.2) is 15.9 Å². The van der Waals surface area contributed by atoms with Crippen LogP contribution in [0.1, 0.15) is 24.2 Å². The second kappa shape index (κ2) is 8.10. The summed E-state index contributed by atoms with van der Waals surface area (Å²) < 4.78 is 60.9. The first kappa shape index (κ1) is 20.9. The van der Waals surface area contributed by atoms with Crippen LogP contribution in [0.25, 0.3) is 0 Å². The summed E-state index contributed by atoms with van der Waals surface area (Å²) in [5.74, 6) is -0.434. The lowest BCUT2D eigenvalue weighted by atomic mass is 10.1. The molecule has 1 amide bonds. The summed E-state index contributed by atoms with van der Waals surface area (Å²) >= 11 is 0. The van der Waals surface area contributed by atoms with Gasteiger partial charge in [-0.3, -0.25) is 4.79 Å². The second-order valence-electron chi connectivity index (χ2n) is 5.84. The molecular weight excluding hydrogens is 383 g/mol. The molecule has 0 fully saturated rings. The predicted molar refractivity (Wildman–Crippen MR) is 94.0 cm³/mol. The Bertz CT molecular complexity index is 892. The number of benzene rings is 2. The summed E-state index contributed by atoms with van der Waals surface area (Å²) in [5.41, 5.74) is 0.545. The van der Waals surface area contributed by atoms with Gasteiger partial charge in [-0.2, -0.15) is 13.2 Å². The van der Waals surface area contributed by atoms with Crippen molar-refractivity contribution < 1.29 is 31.5 Å². The zero-order valence-electron chi connectivity index (χ0n) is 14.3. The van der Waals surface area contributed by atoms with Crippen LogP contribution in [0.3, 0.4) is 0 Å². The van der Waals surface area contributed by atoms with Gasteiger partial charge >= 0.3 is 6.18 Å². The molecule has 0 radical (unpaired) electrons. The topological polar surface area (TPSA) is 83.5 Å². The molecule has 2 N–H and O–H groups in total. The lowest BCUT2D eigenvalue weighted by Gasteiger charge is -2.15. The maximum absolute atomic E-state index is 12.5. The van der Waals surface area contributed by atoms with E-state index in [1.165, 1.54) is 43.3 Å². The second-order valence-corrected chi connectivity index (χ2v) is 8.12. The van der Waals surface area contributed by atoms with E-state index < -0.39 is 28.0 Å². The molecule has 0 aliphatic carbocycles. The van der Waals surface area contributed by atoms with Crippen LogP contribution in [0.5, 0.6) is 0 Å². The zero-order chi connectivity index (χ0) is 20.2. The van der Waals surface area contributed by atoms with Gasteiger partial charge in [-0.25, -0.2) is 8.42 Å². The molecule has 2 aromatic rings. The lowest BCUT2D eigenvalue weighted by Crippen LogP contribution is -2.20. The molecule has 2 aromatic carbocycles. The number of carbonyl (C=O) groups excluding carboxylic acids is 1. The summed E-state index contributed by atoms with van der Waals surface area (Å²) in [6.45, 7) is 1.54. The SMILES string of the molecule is CCS(=O)(=O)c1ccc(CC(=O)Nc2ccc(C(O)C(F)(F)F)cc2)cc1. The van der Waals surface area contributed by atoms with Gasteiger partial charge in [-0.1, -0.05) is 31.2 Å². The van der Waals surface area contributed by atoms with Gasteiger partial charge < -0.3 is 10.4 Å². The Kier molecular flexibility index (Phi) is 6.27. The van der Waals surface area contributed by atoms with Crippen molar-refractivity contribution in [2.24, 2.45) is 0 Å². The number of amides is 1. The zero-order valence-corrected chi connectivity index (χ0v) is 15.1. The quantitative estimate of drug-likeness (QED) is 0.778. The number of halogens is 3. The molecule has 0 bridgehead atoms. The van der Waals surface area contributed by atoms with Crippen molar-refractivity contribution >= 4 is 21.4 Å². The smallest absolute Gasteiger partial charge is 0.379 e. The molecule has 2 rings (SSSR count). The minimum absolute atomic E-state index is 0.0220. The van der Waals surface area contributed by atoms with Crippen molar-refractivity contribution in [3.63, 3.8) is 0 Å². The number of alkyl halides is 3. The summed E-state index contributed by atoms with van der Waals surface area (Å²) in [5, 5.41) is 11.7. The van der Waals surface area contributed by atoms with Crippen molar-refractivity contribution in [1.82, 2.24) is 0 Å². The number of carbonyl (C=O) groups is 1. The largest absolute Gasteiger partial charge is 0.418 e. The van der Waals surface area contributed by atoms with Crippen molar-refractivity contribution in [1.29, 1.82) is 0 Å². The summed E-state index contributed by atoms with van der Waals surface area (Å²) in [6, 6.07) is 10.6. The number of sulfone groups is 1. The maximum atomic E-state index is 12.5. The van der Waals surface area contributed by atoms with Crippen LogP contribution < -0.4 is 5.32 Å². The van der Waals surface area contributed by atoms with Crippen LogP contribution in [0.2, 0.25) is 0 Å². The normalized spacial score (nSPS) is 13.2. The Morgan fingerprint density at radius 2 is 1.63 bits per heavy atom. The number of hydrogen-bond acceptors (Lipinski definition) is 4. The number of hydrogen-bond donors (Lipinski definition) is 2. The molecule has 27 heavy (non-hydrogen) atoms. The van der Waals surface area contributed by atoms with Crippen molar-refractivity contribution in [3.05, 3.63) is 59.7 Å². The van der Waals surface area contributed by atoms with Crippen LogP contribution in [0, 0.1) is 0 Å². The number of aliphatic hydroxyl groups excluding tert-OH is 1. The Balaban J connectivity index is 2.00. The molecule has 0 saturated carbocycles. The van der Waals surface area contributed by atoms with Crippen LogP contribution in [0.15, 0.2) is 53.4 Å². The molecule has 0 aliphatic heterocycles. The molecule has 0 saturated heterocycles. The van der Waals surface area contributed by atoms with Crippen molar-refractivity contribution in [2.45, 2.75) is 30.5 Å². The standard InChI is InChI=1S/C18H18F3NO4S/c1-2-27(25,26)15-9-3-12(4-10-15)11-16(23)22-14-7-5-13(6-8-14)17(24)18(19,20)21/h3-10,17,24H,2,11H2,1H3,(H,22,23). The molecule has 1 unspecified atom stereocenters. The molecule has 0 aromatic heterocycles. The Morgan fingerprint density at radius 1 is 1.07 bits per heavy atom. The molecule has 146 valence electrons. The first-order valence-electron chi connectivity index (χ1n) is 7.99. The molecular formula is C18H18F3NO4S. The molecule has 0 spiro atoms. The predicted octanol–water partition coefficient (Wildman–Crippen LogP) is 3.26. The Morgan fingerprint density at radius 3 is 2.11 bits per heavy atom. The highest BCUT2D eigenvalue weighted by Gasteiger charge is 2.39. The summed E-state index contributed by atoms with van der Waals surface area (Å²) in [7, 11) is -3.31. The van der Waals surface area contributed by atoms with Crippen molar-refractivity contribution in [3.8, 4) is 0 Å². The van der Waals surface area contributed by atoms with Gasteiger partial charge in [0.2, 0.25) is 5.91 Å². The fraction of sp³-hybridized carbons (Fsp3) is 0.278. The number of nitrogens with one attached hydrogen (secondary N) is 1. The molecule has 0 aliphatic rings. The van der Waals surface area contributed by atoms with E-state index in [2.05, 4.69) is 5.32 Å². The molecule has 9 heteroatoms. The minimum Gasteiger partial charge on any atom is -0.379 e. The lowest BCUT2D eigenvalue weighted by molar-refractivity contribution is -0.206. The monoisotopic (exact) mass is 401 g/mol. The summed E-state index contributed by atoms with van der Waals surface area (Å²) in [4.78, 5) is 12.2. The van der Waals surface area contributed by atoms with E-state index in [0.717, 1.165) is 12.1 Å². The van der Waals surface area contributed by atoms with E-state index in [1.807, 2.05) is 0 Å². The third-order valence-corrected chi connectivity index (χ3v) is 5.60.